The second-order valence-electron chi connectivity index (χ2n) is 9.29. The lowest BCUT2D eigenvalue weighted by atomic mass is 10.2. The summed E-state index contributed by atoms with van der Waals surface area (Å²) in [5.74, 6) is 3.05. The van der Waals surface area contributed by atoms with E-state index in [1.54, 1.807) is 4.52 Å². The fourth-order valence-corrected chi connectivity index (χ4v) is 4.70. The minimum atomic E-state index is 0.146. The molecule has 37 heavy (non-hydrogen) atoms. The maximum absolute atomic E-state index is 12.9. The molecule has 10 nitrogen and oxygen atoms in total. The van der Waals surface area contributed by atoms with E-state index in [9.17, 15) is 4.79 Å². The molecule has 4 heterocycles. The second-order valence-corrected chi connectivity index (χ2v) is 9.29. The molecule has 10 heteroatoms. The van der Waals surface area contributed by atoms with Crippen LogP contribution in [0, 0.1) is 0 Å². The van der Waals surface area contributed by atoms with Gasteiger partial charge in [0.05, 0.1) is 0 Å². The Kier molecular flexibility index (Phi) is 6.55. The first kappa shape index (κ1) is 23.2. The molecule has 2 aromatic carbocycles. The lowest BCUT2D eigenvalue weighted by molar-refractivity contribution is -0.133. The third-order valence-corrected chi connectivity index (χ3v) is 6.77. The number of carbonyl (C=O) groups is 1. The van der Waals surface area contributed by atoms with Gasteiger partial charge in [-0.25, -0.2) is 0 Å². The summed E-state index contributed by atoms with van der Waals surface area (Å²) in [7, 11) is 0. The van der Waals surface area contributed by atoms with E-state index in [0.29, 0.717) is 36.7 Å². The third-order valence-electron chi connectivity index (χ3n) is 6.77. The summed E-state index contributed by atoms with van der Waals surface area (Å²) in [5.41, 5.74) is 3.02. The third kappa shape index (κ3) is 5.34. The van der Waals surface area contributed by atoms with Gasteiger partial charge in [-0.05, 0) is 35.4 Å². The molecule has 0 atom stereocenters. The monoisotopic (exact) mass is 499 g/mol. The average molecular weight is 500 g/mol. The molecular weight excluding hydrogens is 470 g/mol. The van der Waals surface area contributed by atoms with Crippen molar-refractivity contribution < 1.29 is 14.3 Å². The Balaban J connectivity index is 1.02. The standard InChI is InChI=1S/C27H29N7O3/c35-27(33-14-12-32(13-15-33)18-20-4-2-1-3-5-20)11-10-26-30-29-25-9-8-24(31-34(25)26)28-17-21-6-7-22-23(16-21)37-19-36-22/h1-9,16H,10-15,17-19H2,(H,28,31). The Morgan fingerprint density at radius 3 is 2.59 bits per heavy atom. The van der Waals surface area contributed by atoms with E-state index in [1.165, 1.54) is 5.56 Å². The number of aryl methyl sites for hydroxylation is 1. The van der Waals surface area contributed by atoms with Crippen molar-refractivity contribution in [2.75, 3.05) is 38.3 Å². The van der Waals surface area contributed by atoms with Gasteiger partial charge in [-0.1, -0.05) is 36.4 Å². The molecule has 4 aromatic rings. The Hall–Kier alpha value is -4.18. The Labute approximate surface area is 214 Å². The first-order chi connectivity index (χ1) is 18.2. The number of amides is 1. The van der Waals surface area contributed by atoms with Crippen LogP contribution in [0.1, 0.15) is 23.4 Å². The maximum Gasteiger partial charge on any atom is 0.231 e. The number of nitrogens with zero attached hydrogens (tertiary/aromatic N) is 6. The quantitative estimate of drug-likeness (QED) is 0.395. The van der Waals surface area contributed by atoms with Crippen LogP contribution < -0.4 is 14.8 Å². The van der Waals surface area contributed by atoms with Gasteiger partial charge < -0.3 is 19.7 Å². The van der Waals surface area contributed by atoms with Crippen molar-refractivity contribution in [2.24, 2.45) is 0 Å². The van der Waals surface area contributed by atoms with Crippen LogP contribution in [-0.4, -0.2) is 68.5 Å². The number of fused-ring (bicyclic) bond motifs is 2. The largest absolute Gasteiger partial charge is 0.454 e. The lowest BCUT2D eigenvalue weighted by Crippen LogP contribution is -2.48. The molecule has 190 valence electrons. The SMILES string of the molecule is O=C(CCc1nnc2ccc(NCc3ccc4c(c3)OCO4)nn12)N1CCN(Cc2ccccc2)CC1. The first-order valence-corrected chi connectivity index (χ1v) is 12.6. The van der Waals surface area contributed by atoms with Gasteiger partial charge >= 0.3 is 0 Å². The molecule has 0 bridgehead atoms. The molecule has 6 rings (SSSR count). The molecule has 1 fully saturated rings. The number of nitrogens with one attached hydrogen (secondary N) is 1. The van der Waals surface area contributed by atoms with E-state index in [4.69, 9.17) is 9.47 Å². The summed E-state index contributed by atoms with van der Waals surface area (Å²) >= 11 is 0. The molecule has 2 aliphatic heterocycles. The maximum atomic E-state index is 12.9. The van der Waals surface area contributed by atoms with Gasteiger partial charge in [0.15, 0.2) is 23.0 Å². The van der Waals surface area contributed by atoms with Gasteiger partial charge in [-0.3, -0.25) is 9.69 Å². The highest BCUT2D eigenvalue weighted by molar-refractivity contribution is 5.76. The van der Waals surface area contributed by atoms with Crippen LogP contribution >= 0.6 is 0 Å². The van der Waals surface area contributed by atoms with Crippen molar-refractivity contribution in [2.45, 2.75) is 25.9 Å². The van der Waals surface area contributed by atoms with Crippen LogP contribution in [0.15, 0.2) is 60.7 Å². The number of ether oxygens (including phenoxy) is 2. The highest BCUT2D eigenvalue weighted by atomic mass is 16.7. The minimum Gasteiger partial charge on any atom is -0.454 e. The number of hydrogen-bond acceptors (Lipinski definition) is 8. The number of anilines is 1. The van der Waals surface area contributed by atoms with Crippen LogP contribution in [0.3, 0.4) is 0 Å². The number of rotatable bonds is 8. The molecule has 0 unspecified atom stereocenters. The molecule has 2 aromatic heterocycles. The lowest BCUT2D eigenvalue weighted by Gasteiger charge is -2.34. The molecule has 0 saturated carbocycles. The minimum absolute atomic E-state index is 0.146. The summed E-state index contributed by atoms with van der Waals surface area (Å²) in [5, 5.41) is 16.5. The highest BCUT2D eigenvalue weighted by Gasteiger charge is 2.22. The topological polar surface area (TPSA) is 97.1 Å². The number of benzene rings is 2. The normalized spacial score (nSPS) is 15.3. The summed E-state index contributed by atoms with van der Waals surface area (Å²) in [6.45, 7) is 5.03. The van der Waals surface area contributed by atoms with Crippen LogP contribution in [0.4, 0.5) is 5.82 Å². The van der Waals surface area contributed by atoms with E-state index in [0.717, 1.165) is 49.8 Å². The van der Waals surface area contributed by atoms with Crippen LogP contribution in [-0.2, 0) is 24.3 Å². The van der Waals surface area contributed by atoms with E-state index >= 15 is 0 Å². The molecule has 1 N–H and O–H groups in total. The molecule has 1 saturated heterocycles. The number of piperazine rings is 1. The molecule has 0 aliphatic carbocycles. The van der Waals surface area contributed by atoms with E-state index in [2.05, 4.69) is 49.8 Å². The smallest absolute Gasteiger partial charge is 0.231 e. The predicted molar refractivity (Wildman–Crippen MR) is 137 cm³/mol. The van der Waals surface area contributed by atoms with Gasteiger partial charge in [-0.15, -0.1) is 15.3 Å². The zero-order valence-electron chi connectivity index (χ0n) is 20.5. The fourth-order valence-electron chi connectivity index (χ4n) is 4.70. The molecule has 2 aliphatic rings. The van der Waals surface area contributed by atoms with Crippen LogP contribution in [0.25, 0.3) is 5.65 Å². The fraction of sp³-hybridized carbons (Fsp3) is 0.333. The summed E-state index contributed by atoms with van der Waals surface area (Å²) in [4.78, 5) is 17.3. The van der Waals surface area contributed by atoms with E-state index in [-0.39, 0.29) is 12.7 Å². The molecule has 0 radical (unpaired) electrons. The summed E-state index contributed by atoms with van der Waals surface area (Å²) < 4.78 is 12.5. The second kappa shape index (κ2) is 10.4. The van der Waals surface area contributed by atoms with Crippen LogP contribution in [0.5, 0.6) is 11.5 Å². The van der Waals surface area contributed by atoms with Crippen molar-refractivity contribution in [3.8, 4) is 11.5 Å². The van der Waals surface area contributed by atoms with Crippen molar-refractivity contribution in [1.29, 1.82) is 0 Å². The van der Waals surface area contributed by atoms with Gasteiger partial charge in [-0.2, -0.15) is 4.52 Å². The molecular formula is C27H29N7O3. The zero-order valence-corrected chi connectivity index (χ0v) is 20.5. The average Bonchev–Trinajstić information content (AvgIpc) is 3.58. The predicted octanol–water partition coefficient (Wildman–Crippen LogP) is 2.74. The molecule has 1 amide bonds. The highest BCUT2D eigenvalue weighted by Crippen LogP contribution is 2.32. The van der Waals surface area contributed by atoms with Crippen molar-refractivity contribution in [3.05, 3.63) is 77.6 Å². The van der Waals surface area contributed by atoms with Gasteiger partial charge in [0.1, 0.15) is 5.82 Å². The molecule has 0 spiro atoms. The van der Waals surface area contributed by atoms with Gasteiger partial charge in [0.2, 0.25) is 12.7 Å². The summed E-state index contributed by atoms with van der Waals surface area (Å²) in [6.07, 6.45) is 0.874. The zero-order chi connectivity index (χ0) is 25.0. The van der Waals surface area contributed by atoms with E-state index < -0.39 is 0 Å². The first-order valence-electron chi connectivity index (χ1n) is 12.6. The Bertz CT molecular complexity index is 1380. The number of carbonyl (C=O) groups excluding carboxylic acids is 1. The van der Waals surface area contributed by atoms with Crippen LogP contribution in [0.2, 0.25) is 0 Å². The summed E-state index contributed by atoms with van der Waals surface area (Å²) in [6, 6.07) is 20.1. The van der Waals surface area contributed by atoms with Crippen molar-refractivity contribution >= 4 is 17.4 Å². The van der Waals surface area contributed by atoms with Gasteiger partial charge in [0, 0.05) is 52.1 Å². The number of aromatic nitrogens is 4. The van der Waals surface area contributed by atoms with Crippen molar-refractivity contribution in [1.82, 2.24) is 29.6 Å². The number of hydrogen-bond donors (Lipinski definition) is 1. The van der Waals surface area contributed by atoms with E-state index in [1.807, 2.05) is 41.3 Å². The Morgan fingerprint density at radius 1 is 0.892 bits per heavy atom. The Morgan fingerprint density at radius 2 is 1.73 bits per heavy atom. The van der Waals surface area contributed by atoms with Crippen molar-refractivity contribution in [3.63, 3.8) is 0 Å². The van der Waals surface area contributed by atoms with Gasteiger partial charge in [0.25, 0.3) is 0 Å².